The smallest absolute Gasteiger partial charge is 0.238 e. The van der Waals surface area contributed by atoms with Gasteiger partial charge in [-0.15, -0.1) is 0 Å². The highest BCUT2D eigenvalue weighted by Gasteiger charge is 2.13. The van der Waals surface area contributed by atoms with Gasteiger partial charge < -0.3 is 10.6 Å². The van der Waals surface area contributed by atoms with Crippen LogP contribution in [0.15, 0.2) is 29.2 Å². The van der Waals surface area contributed by atoms with Crippen molar-refractivity contribution in [1.82, 2.24) is 10.6 Å². The molecular weight excluding hydrogens is 238 g/mol. The molecule has 1 heterocycles. The summed E-state index contributed by atoms with van der Waals surface area (Å²) in [6.07, 6.45) is 1.11. The van der Waals surface area contributed by atoms with E-state index in [1.165, 1.54) is 6.07 Å². The largest absolute Gasteiger partial charge is 0.315 e. The molecule has 94 valence electrons. The molecule has 1 aliphatic rings. The van der Waals surface area contributed by atoms with Gasteiger partial charge in [0.2, 0.25) is 10.0 Å². The normalized spacial score (nSPS) is 20.6. The summed E-state index contributed by atoms with van der Waals surface area (Å²) in [5.41, 5.74) is 0.934. The summed E-state index contributed by atoms with van der Waals surface area (Å²) in [5, 5.41) is 11.7. The van der Waals surface area contributed by atoms with Gasteiger partial charge in [-0.1, -0.05) is 12.1 Å². The van der Waals surface area contributed by atoms with Crippen molar-refractivity contribution in [2.75, 3.05) is 13.1 Å². The fraction of sp³-hybridized carbons (Fsp3) is 0.455. The predicted molar refractivity (Wildman–Crippen MR) is 65.9 cm³/mol. The zero-order valence-corrected chi connectivity index (χ0v) is 10.3. The number of primary sulfonamides is 1. The molecule has 1 saturated heterocycles. The lowest BCUT2D eigenvalue weighted by atomic mass is 10.2. The fourth-order valence-corrected chi connectivity index (χ4v) is 2.51. The van der Waals surface area contributed by atoms with Crippen LogP contribution in [0.5, 0.6) is 0 Å². The van der Waals surface area contributed by atoms with Gasteiger partial charge in [0.05, 0.1) is 4.90 Å². The minimum atomic E-state index is -3.60. The van der Waals surface area contributed by atoms with Crippen molar-refractivity contribution >= 4 is 10.0 Å². The summed E-state index contributed by atoms with van der Waals surface area (Å²) < 4.78 is 22.4. The van der Waals surface area contributed by atoms with E-state index in [1.54, 1.807) is 12.1 Å². The van der Waals surface area contributed by atoms with E-state index in [-0.39, 0.29) is 4.90 Å². The molecule has 0 bridgehead atoms. The maximum absolute atomic E-state index is 11.2. The van der Waals surface area contributed by atoms with Gasteiger partial charge >= 0.3 is 0 Å². The van der Waals surface area contributed by atoms with Crippen molar-refractivity contribution in [1.29, 1.82) is 0 Å². The Labute approximate surface area is 101 Å². The number of sulfonamides is 1. The Morgan fingerprint density at radius 1 is 1.47 bits per heavy atom. The monoisotopic (exact) mass is 255 g/mol. The van der Waals surface area contributed by atoms with Crippen molar-refractivity contribution in [2.24, 2.45) is 5.14 Å². The average Bonchev–Trinajstić information content (AvgIpc) is 2.78. The summed E-state index contributed by atoms with van der Waals surface area (Å²) in [4.78, 5) is 0.168. The van der Waals surface area contributed by atoms with Crippen LogP contribution >= 0.6 is 0 Å². The molecule has 0 spiro atoms. The van der Waals surface area contributed by atoms with Gasteiger partial charge in [0.25, 0.3) is 0 Å². The highest BCUT2D eigenvalue weighted by molar-refractivity contribution is 7.89. The molecule has 0 radical (unpaired) electrons. The first-order valence-electron chi connectivity index (χ1n) is 5.61. The molecule has 1 fully saturated rings. The molecule has 0 amide bonds. The highest BCUT2D eigenvalue weighted by Crippen LogP contribution is 2.10. The van der Waals surface area contributed by atoms with Crippen LogP contribution in [0.3, 0.4) is 0 Å². The van der Waals surface area contributed by atoms with E-state index < -0.39 is 10.0 Å². The minimum Gasteiger partial charge on any atom is -0.315 e. The Kier molecular flexibility index (Phi) is 3.78. The van der Waals surface area contributed by atoms with Crippen LogP contribution in [-0.2, 0) is 16.6 Å². The van der Waals surface area contributed by atoms with E-state index in [9.17, 15) is 8.42 Å². The van der Waals surface area contributed by atoms with E-state index in [4.69, 9.17) is 5.14 Å². The van der Waals surface area contributed by atoms with Crippen molar-refractivity contribution in [3.8, 4) is 0 Å². The average molecular weight is 255 g/mol. The number of hydrogen-bond acceptors (Lipinski definition) is 4. The molecule has 1 aliphatic heterocycles. The third-order valence-corrected chi connectivity index (χ3v) is 3.79. The van der Waals surface area contributed by atoms with Gasteiger partial charge in [-0.05, 0) is 30.7 Å². The van der Waals surface area contributed by atoms with Crippen LogP contribution in [0.2, 0.25) is 0 Å². The summed E-state index contributed by atoms with van der Waals surface area (Å²) >= 11 is 0. The first-order valence-corrected chi connectivity index (χ1v) is 7.16. The maximum Gasteiger partial charge on any atom is 0.238 e. The molecule has 2 rings (SSSR count). The molecule has 0 saturated carbocycles. The number of rotatable bonds is 4. The lowest BCUT2D eigenvalue weighted by molar-refractivity contribution is 0.546. The molecule has 4 N–H and O–H groups in total. The minimum absolute atomic E-state index is 0.168. The van der Waals surface area contributed by atoms with Crippen LogP contribution < -0.4 is 15.8 Å². The van der Waals surface area contributed by atoms with Crippen LogP contribution in [0.4, 0.5) is 0 Å². The molecule has 17 heavy (non-hydrogen) atoms. The van der Waals surface area contributed by atoms with Crippen molar-refractivity contribution < 1.29 is 8.42 Å². The van der Waals surface area contributed by atoms with Gasteiger partial charge in [-0.25, -0.2) is 13.6 Å². The zero-order chi connectivity index (χ0) is 12.3. The molecular formula is C11H17N3O2S. The Bertz CT molecular complexity index is 481. The molecule has 6 heteroatoms. The molecule has 5 nitrogen and oxygen atoms in total. The fourth-order valence-electron chi connectivity index (χ4n) is 1.92. The SMILES string of the molecule is NS(=O)(=O)c1cccc(CNC2CCNC2)c1. The van der Waals surface area contributed by atoms with E-state index >= 15 is 0 Å². The Morgan fingerprint density at radius 3 is 2.94 bits per heavy atom. The first kappa shape index (κ1) is 12.5. The summed E-state index contributed by atoms with van der Waals surface area (Å²) in [6, 6.07) is 7.20. The molecule has 0 aliphatic carbocycles. The molecule has 1 unspecified atom stereocenters. The van der Waals surface area contributed by atoms with Crippen LogP contribution in [-0.4, -0.2) is 27.5 Å². The Balaban J connectivity index is 2.01. The van der Waals surface area contributed by atoms with Crippen molar-refractivity contribution in [3.63, 3.8) is 0 Å². The van der Waals surface area contributed by atoms with Crippen LogP contribution in [0, 0.1) is 0 Å². The molecule has 1 atom stereocenters. The first-order chi connectivity index (χ1) is 8.05. The van der Waals surface area contributed by atoms with Gasteiger partial charge in [0.15, 0.2) is 0 Å². The van der Waals surface area contributed by atoms with Crippen molar-refractivity contribution in [3.05, 3.63) is 29.8 Å². The van der Waals surface area contributed by atoms with Crippen LogP contribution in [0.1, 0.15) is 12.0 Å². The second-order valence-corrected chi connectivity index (χ2v) is 5.82. The zero-order valence-electron chi connectivity index (χ0n) is 9.52. The van der Waals surface area contributed by atoms with Gasteiger partial charge in [-0.2, -0.15) is 0 Å². The Morgan fingerprint density at radius 2 is 2.29 bits per heavy atom. The Hall–Kier alpha value is -0.950. The quantitative estimate of drug-likeness (QED) is 0.695. The van der Waals surface area contributed by atoms with Gasteiger partial charge in [0.1, 0.15) is 0 Å². The molecule has 1 aromatic carbocycles. The number of hydrogen-bond donors (Lipinski definition) is 3. The lowest BCUT2D eigenvalue weighted by Gasteiger charge is -2.11. The standard InChI is InChI=1S/C11H17N3O2S/c12-17(15,16)11-3-1-2-9(6-11)7-14-10-4-5-13-8-10/h1-3,6,10,13-14H,4-5,7-8H2,(H2,12,15,16). The predicted octanol–water partition coefficient (Wildman–Crippen LogP) is -0.215. The van der Waals surface area contributed by atoms with E-state index in [0.29, 0.717) is 12.6 Å². The van der Waals surface area contributed by atoms with Crippen molar-refractivity contribution in [2.45, 2.75) is 23.9 Å². The number of nitrogens with two attached hydrogens (primary N) is 1. The topological polar surface area (TPSA) is 84.2 Å². The third kappa shape index (κ3) is 3.50. The van der Waals surface area contributed by atoms with Crippen LogP contribution in [0.25, 0.3) is 0 Å². The summed E-state index contributed by atoms with van der Waals surface area (Å²) in [6.45, 7) is 2.67. The third-order valence-electron chi connectivity index (χ3n) is 2.88. The summed E-state index contributed by atoms with van der Waals surface area (Å²) in [7, 11) is -3.60. The van der Waals surface area contributed by atoms with E-state index in [0.717, 1.165) is 25.1 Å². The maximum atomic E-state index is 11.2. The van der Waals surface area contributed by atoms with E-state index in [1.807, 2.05) is 6.07 Å². The second-order valence-electron chi connectivity index (χ2n) is 4.26. The summed E-state index contributed by atoms with van der Waals surface area (Å²) in [5.74, 6) is 0. The second kappa shape index (κ2) is 5.14. The lowest BCUT2D eigenvalue weighted by Crippen LogP contribution is -2.30. The molecule has 0 aromatic heterocycles. The molecule has 1 aromatic rings. The van der Waals surface area contributed by atoms with E-state index in [2.05, 4.69) is 10.6 Å². The highest BCUT2D eigenvalue weighted by atomic mass is 32.2. The number of nitrogens with one attached hydrogen (secondary N) is 2. The van der Waals surface area contributed by atoms with Gasteiger partial charge in [0, 0.05) is 19.1 Å². The van der Waals surface area contributed by atoms with Gasteiger partial charge in [-0.3, -0.25) is 0 Å². The number of benzene rings is 1.